The van der Waals surface area contributed by atoms with Crippen molar-refractivity contribution in [1.29, 1.82) is 0 Å². The number of rotatable bonds is 4. The molecule has 1 aromatic rings. The van der Waals surface area contributed by atoms with Gasteiger partial charge >= 0.3 is 0 Å². The van der Waals surface area contributed by atoms with E-state index in [0.717, 1.165) is 31.8 Å². The molecule has 0 aliphatic carbocycles. The van der Waals surface area contributed by atoms with Crippen molar-refractivity contribution in [2.75, 3.05) is 18.0 Å². The first-order valence-electron chi connectivity index (χ1n) is 7.69. The van der Waals surface area contributed by atoms with Crippen LogP contribution in [0.2, 0.25) is 0 Å². The molecule has 3 nitrogen and oxygen atoms in total. The Morgan fingerprint density at radius 3 is 2.95 bits per heavy atom. The van der Waals surface area contributed by atoms with Crippen molar-refractivity contribution < 1.29 is 4.39 Å². The molecule has 112 valence electrons. The molecule has 1 aliphatic heterocycles. The summed E-state index contributed by atoms with van der Waals surface area (Å²) in [4.78, 5) is 6.39. The standard InChI is InChI=1S/C16H26FN3/c1-12(2)19-11-14-6-8-18-16(15(14)17)20-9-4-5-13(3)7-10-20/h6,8,12-13,19H,4-5,7,9-11H2,1-3H3. The molecule has 0 saturated carbocycles. The van der Waals surface area contributed by atoms with Crippen molar-refractivity contribution in [3.63, 3.8) is 0 Å². The number of hydrogen-bond acceptors (Lipinski definition) is 3. The number of nitrogens with one attached hydrogen (secondary N) is 1. The molecular weight excluding hydrogens is 253 g/mol. The number of hydrogen-bond donors (Lipinski definition) is 1. The molecule has 0 spiro atoms. The van der Waals surface area contributed by atoms with E-state index in [1.165, 1.54) is 6.42 Å². The van der Waals surface area contributed by atoms with Gasteiger partial charge in [0.05, 0.1) is 0 Å². The van der Waals surface area contributed by atoms with Crippen molar-refractivity contribution in [2.45, 2.75) is 52.6 Å². The van der Waals surface area contributed by atoms with Gasteiger partial charge < -0.3 is 10.2 Å². The Morgan fingerprint density at radius 2 is 2.20 bits per heavy atom. The fourth-order valence-corrected chi connectivity index (χ4v) is 2.62. The molecule has 0 amide bonds. The lowest BCUT2D eigenvalue weighted by Gasteiger charge is -2.23. The highest BCUT2D eigenvalue weighted by Crippen LogP contribution is 2.24. The monoisotopic (exact) mass is 279 g/mol. The van der Waals surface area contributed by atoms with E-state index in [0.29, 0.717) is 24.0 Å². The summed E-state index contributed by atoms with van der Waals surface area (Å²) in [6.45, 7) is 8.79. The largest absolute Gasteiger partial charge is 0.354 e. The van der Waals surface area contributed by atoms with E-state index < -0.39 is 0 Å². The number of anilines is 1. The minimum absolute atomic E-state index is 0.157. The van der Waals surface area contributed by atoms with Gasteiger partial charge in [-0.05, 0) is 31.2 Å². The number of nitrogens with zero attached hydrogens (tertiary/aromatic N) is 2. The van der Waals surface area contributed by atoms with Crippen LogP contribution in [0.4, 0.5) is 10.2 Å². The molecule has 0 bridgehead atoms. The Morgan fingerprint density at radius 1 is 1.40 bits per heavy atom. The van der Waals surface area contributed by atoms with Crippen LogP contribution in [0.1, 0.15) is 45.6 Å². The average molecular weight is 279 g/mol. The van der Waals surface area contributed by atoms with Gasteiger partial charge in [-0.3, -0.25) is 0 Å². The van der Waals surface area contributed by atoms with E-state index in [-0.39, 0.29) is 5.82 Å². The van der Waals surface area contributed by atoms with Crippen LogP contribution in [0.5, 0.6) is 0 Å². The summed E-state index contributed by atoms with van der Waals surface area (Å²) in [5.41, 5.74) is 0.709. The Labute approximate surface area is 121 Å². The van der Waals surface area contributed by atoms with E-state index in [2.05, 4.69) is 36.0 Å². The van der Waals surface area contributed by atoms with Crippen LogP contribution < -0.4 is 10.2 Å². The molecule has 1 fully saturated rings. The molecule has 1 aromatic heterocycles. The van der Waals surface area contributed by atoms with Crippen LogP contribution in [-0.2, 0) is 6.54 Å². The lowest BCUT2D eigenvalue weighted by atomic mass is 10.0. The lowest BCUT2D eigenvalue weighted by molar-refractivity contribution is 0.520. The third kappa shape index (κ3) is 3.92. The van der Waals surface area contributed by atoms with Gasteiger partial charge in [-0.2, -0.15) is 0 Å². The summed E-state index contributed by atoms with van der Waals surface area (Å²) >= 11 is 0. The quantitative estimate of drug-likeness (QED) is 0.916. The summed E-state index contributed by atoms with van der Waals surface area (Å²) < 4.78 is 14.6. The molecule has 2 rings (SSSR count). The first-order chi connectivity index (χ1) is 9.58. The van der Waals surface area contributed by atoms with E-state index in [1.807, 2.05) is 0 Å². The Kier molecular flexibility index (Phi) is 5.35. The second-order valence-electron chi connectivity index (χ2n) is 6.17. The molecule has 1 N–H and O–H groups in total. The molecule has 1 unspecified atom stereocenters. The second-order valence-corrected chi connectivity index (χ2v) is 6.17. The van der Waals surface area contributed by atoms with Crippen molar-refractivity contribution >= 4 is 5.82 Å². The zero-order valence-corrected chi connectivity index (χ0v) is 12.8. The van der Waals surface area contributed by atoms with Gasteiger partial charge in [-0.1, -0.05) is 20.8 Å². The van der Waals surface area contributed by atoms with Gasteiger partial charge in [0, 0.05) is 37.4 Å². The van der Waals surface area contributed by atoms with E-state index in [9.17, 15) is 4.39 Å². The minimum Gasteiger partial charge on any atom is -0.354 e. The van der Waals surface area contributed by atoms with Gasteiger partial charge in [-0.15, -0.1) is 0 Å². The van der Waals surface area contributed by atoms with Gasteiger partial charge in [0.1, 0.15) is 0 Å². The predicted molar refractivity (Wildman–Crippen MR) is 81.4 cm³/mol. The second kappa shape index (κ2) is 7.02. The van der Waals surface area contributed by atoms with Crippen molar-refractivity contribution in [3.8, 4) is 0 Å². The lowest BCUT2D eigenvalue weighted by Crippen LogP contribution is -2.28. The SMILES string of the molecule is CC1CCCN(c2nccc(CNC(C)C)c2F)CC1. The fourth-order valence-electron chi connectivity index (χ4n) is 2.62. The number of aromatic nitrogens is 1. The average Bonchev–Trinajstić information content (AvgIpc) is 2.62. The molecule has 1 saturated heterocycles. The molecule has 0 aromatic carbocycles. The number of pyridine rings is 1. The molecule has 1 atom stereocenters. The maximum Gasteiger partial charge on any atom is 0.170 e. The summed E-state index contributed by atoms with van der Waals surface area (Å²) in [7, 11) is 0. The fraction of sp³-hybridized carbons (Fsp3) is 0.688. The van der Waals surface area contributed by atoms with Crippen LogP contribution in [0, 0.1) is 11.7 Å². The molecular formula is C16H26FN3. The maximum atomic E-state index is 14.6. The molecule has 1 aliphatic rings. The summed E-state index contributed by atoms with van der Waals surface area (Å²) in [6.07, 6.45) is 5.20. The minimum atomic E-state index is -0.157. The highest BCUT2D eigenvalue weighted by atomic mass is 19.1. The highest BCUT2D eigenvalue weighted by Gasteiger charge is 2.19. The molecule has 20 heavy (non-hydrogen) atoms. The highest BCUT2D eigenvalue weighted by molar-refractivity contribution is 5.43. The molecule has 2 heterocycles. The first kappa shape index (κ1) is 15.2. The third-order valence-corrected chi connectivity index (χ3v) is 3.97. The zero-order chi connectivity index (χ0) is 14.5. The zero-order valence-electron chi connectivity index (χ0n) is 12.8. The van der Waals surface area contributed by atoms with E-state index >= 15 is 0 Å². The van der Waals surface area contributed by atoms with Crippen LogP contribution in [0.3, 0.4) is 0 Å². The summed E-state index contributed by atoms with van der Waals surface area (Å²) in [6, 6.07) is 2.12. The normalized spacial score (nSPS) is 20.2. The van der Waals surface area contributed by atoms with Gasteiger partial charge in [0.25, 0.3) is 0 Å². The van der Waals surface area contributed by atoms with Crippen molar-refractivity contribution in [2.24, 2.45) is 5.92 Å². The van der Waals surface area contributed by atoms with Crippen molar-refractivity contribution in [1.82, 2.24) is 10.3 Å². The van der Waals surface area contributed by atoms with Gasteiger partial charge in [0.2, 0.25) is 0 Å². The first-order valence-corrected chi connectivity index (χ1v) is 7.69. The Bertz CT molecular complexity index is 434. The molecule has 4 heteroatoms. The predicted octanol–water partition coefficient (Wildman–Crippen LogP) is 3.35. The van der Waals surface area contributed by atoms with Crippen LogP contribution in [0.15, 0.2) is 12.3 Å². The smallest absolute Gasteiger partial charge is 0.170 e. The van der Waals surface area contributed by atoms with Crippen LogP contribution in [-0.4, -0.2) is 24.1 Å². The van der Waals surface area contributed by atoms with E-state index in [4.69, 9.17) is 0 Å². The van der Waals surface area contributed by atoms with Crippen LogP contribution >= 0.6 is 0 Å². The topological polar surface area (TPSA) is 28.2 Å². The van der Waals surface area contributed by atoms with Gasteiger partial charge in [-0.25, -0.2) is 9.37 Å². The van der Waals surface area contributed by atoms with E-state index in [1.54, 1.807) is 12.3 Å². The summed E-state index contributed by atoms with van der Waals surface area (Å²) in [5.74, 6) is 1.10. The van der Waals surface area contributed by atoms with Crippen LogP contribution in [0.25, 0.3) is 0 Å². The number of halogens is 1. The molecule has 0 radical (unpaired) electrons. The Hall–Kier alpha value is -1.16. The third-order valence-electron chi connectivity index (χ3n) is 3.97. The van der Waals surface area contributed by atoms with Gasteiger partial charge in [0.15, 0.2) is 11.6 Å². The van der Waals surface area contributed by atoms with Crippen molar-refractivity contribution in [3.05, 3.63) is 23.6 Å². The summed E-state index contributed by atoms with van der Waals surface area (Å²) in [5, 5.41) is 3.27. The maximum absolute atomic E-state index is 14.6. The Balaban J connectivity index is 2.12.